The number of benzene rings is 3. The second-order valence-electron chi connectivity index (χ2n) is 7.85. The molecule has 0 fully saturated rings. The fourth-order valence-electron chi connectivity index (χ4n) is 3.91. The van der Waals surface area contributed by atoms with Crippen LogP contribution < -0.4 is 16.4 Å². The first-order valence-corrected chi connectivity index (χ1v) is 10.7. The smallest absolute Gasteiger partial charge is 0.261 e. The first kappa shape index (κ1) is 22.7. The lowest BCUT2D eigenvalue weighted by Crippen LogP contribution is -2.41. The predicted molar refractivity (Wildman–Crippen MR) is 125 cm³/mol. The van der Waals surface area contributed by atoms with Crippen molar-refractivity contribution in [2.24, 2.45) is 5.73 Å². The van der Waals surface area contributed by atoms with Crippen molar-refractivity contribution >= 4 is 46.0 Å². The van der Waals surface area contributed by atoms with Crippen LogP contribution in [0.5, 0.6) is 0 Å². The van der Waals surface area contributed by atoms with Crippen LogP contribution in [0.4, 0.5) is 5.69 Å². The van der Waals surface area contributed by atoms with Crippen molar-refractivity contribution in [1.82, 2.24) is 10.2 Å². The number of nitrogens with zero attached hydrogens (tertiary/aromatic N) is 1. The molecular weight excluding hydrogens is 436 g/mol. The Bertz CT molecular complexity index is 1280. The van der Waals surface area contributed by atoms with Crippen LogP contribution in [-0.2, 0) is 9.59 Å². The molecule has 9 heteroatoms. The number of primary amides is 1. The number of nitrogens with two attached hydrogens (primary N) is 1. The molecule has 1 heterocycles. The number of rotatable bonds is 8. The van der Waals surface area contributed by atoms with E-state index in [9.17, 15) is 24.0 Å². The van der Waals surface area contributed by atoms with E-state index in [1.165, 1.54) is 17.0 Å². The van der Waals surface area contributed by atoms with Crippen LogP contribution in [0.2, 0.25) is 0 Å². The van der Waals surface area contributed by atoms with Gasteiger partial charge in [0.05, 0.1) is 6.54 Å². The van der Waals surface area contributed by atoms with E-state index in [0.29, 0.717) is 22.2 Å². The van der Waals surface area contributed by atoms with Crippen LogP contribution in [0, 0.1) is 0 Å². The minimum absolute atomic E-state index is 0.0704. The molecule has 172 valence electrons. The van der Waals surface area contributed by atoms with Gasteiger partial charge in [-0.3, -0.25) is 28.9 Å². The van der Waals surface area contributed by atoms with Gasteiger partial charge in [0.25, 0.3) is 17.7 Å². The number of carbonyl (C=O) groups is 5. The summed E-state index contributed by atoms with van der Waals surface area (Å²) in [5, 5.41) is 6.57. The Labute approximate surface area is 194 Å². The molecule has 4 N–H and O–H groups in total. The van der Waals surface area contributed by atoms with E-state index in [4.69, 9.17) is 5.73 Å². The van der Waals surface area contributed by atoms with Crippen molar-refractivity contribution in [3.05, 3.63) is 77.4 Å². The van der Waals surface area contributed by atoms with E-state index >= 15 is 0 Å². The summed E-state index contributed by atoms with van der Waals surface area (Å²) in [5.41, 5.74) is 6.64. The van der Waals surface area contributed by atoms with Crippen LogP contribution in [0.1, 0.15) is 43.9 Å². The molecule has 3 aromatic rings. The van der Waals surface area contributed by atoms with Crippen molar-refractivity contribution < 1.29 is 24.0 Å². The van der Waals surface area contributed by atoms with Crippen molar-refractivity contribution in [2.45, 2.75) is 12.8 Å². The minimum atomic E-state index is -0.663. The Morgan fingerprint density at radius 1 is 0.882 bits per heavy atom. The first-order valence-electron chi connectivity index (χ1n) is 10.7. The number of hydrogen-bond acceptors (Lipinski definition) is 5. The standard InChI is InChI=1S/C25H22N4O5/c26-20(30)14-27-23(32)16-7-1-8-17(13-16)28-21(31)11-4-12-29-24(33)18-9-2-5-15-6-3-10-19(22(15)18)25(29)34/h1-3,5-10,13H,4,11-12,14H2,(H2,26,30)(H,27,32)(H,28,31). The summed E-state index contributed by atoms with van der Waals surface area (Å²) < 4.78 is 0. The first-order chi connectivity index (χ1) is 16.3. The molecule has 1 aliphatic rings. The van der Waals surface area contributed by atoms with Gasteiger partial charge in [0.1, 0.15) is 0 Å². The molecule has 0 aliphatic carbocycles. The summed E-state index contributed by atoms with van der Waals surface area (Å²) in [6.07, 6.45) is 0.348. The van der Waals surface area contributed by atoms with Gasteiger partial charge < -0.3 is 16.4 Å². The molecule has 0 saturated carbocycles. The molecule has 34 heavy (non-hydrogen) atoms. The number of hydrogen-bond donors (Lipinski definition) is 3. The number of nitrogens with one attached hydrogen (secondary N) is 2. The lowest BCUT2D eigenvalue weighted by atomic mass is 9.94. The van der Waals surface area contributed by atoms with Crippen LogP contribution in [-0.4, -0.2) is 47.5 Å². The van der Waals surface area contributed by atoms with Gasteiger partial charge in [0, 0.05) is 40.7 Å². The summed E-state index contributed by atoms with van der Waals surface area (Å²) >= 11 is 0. The van der Waals surface area contributed by atoms with Crippen molar-refractivity contribution in [1.29, 1.82) is 0 Å². The Hall–Kier alpha value is -4.53. The SMILES string of the molecule is NC(=O)CNC(=O)c1cccc(NC(=O)CCCN2C(=O)c3cccc4cccc(c34)C2=O)c1. The van der Waals surface area contributed by atoms with E-state index in [2.05, 4.69) is 10.6 Å². The third kappa shape index (κ3) is 4.63. The van der Waals surface area contributed by atoms with Crippen LogP contribution in [0.3, 0.4) is 0 Å². The van der Waals surface area contributed by atoms with Gasteiger partial charge in [-0.15, -0.1) is 0 Å². The molecule has 0 aromatic heterocycles. The summed E-state index contributed by atoms with van der Waals surface area (Å²) in [7, 11) is 0. The van der Waals surface area contributed by atoms with Crippen molar-refractivity contribution in [2.75, 3.05) is 18.4 Å². The highest BCUT2D eigenvalue weighted by molar-refractivity contribution is 6.25. The molecule has 1 aliphatic heterocycles. The van der Waals surface area contributed by atoms with E-state index in [1.807, 2.05) is 12.1 Å². The molecule has 0 radical (unpaired) electrons. The van der Waals surface area contributed by atoms with Crippen molar-refractivity contribution in [3.63, 3.8) is 0 Å². The van der Waals surface area contributed by atoms with Gasteiger partial charge in [-0.05, 0) is 42.1 Å². The van der Waals surface area contributed by atoms with E-state index in [-0.39, 0.29) is 49.2 Å². The number of carbonyl (C=O) groups excluding carboxylic acids is 5. The van der Waals surface area contributed by atoms with E-state index in [1.54, 1.807) is 36.4 Å². The maximum Gasteiger partial charge on any atom is 0.261 e. The fraction of sp³-hybridized carbons (Fsp3) is 0.160. The minimum Gasteiger partial charge on any atom is -0.368 e. The van der Waals surface area contributed by atoms with Gasteiger partial charge in [0.15, 0.2) is 0 Å². The largest absolute Gasteiger partial charge is 0.368 e. The molecule has 4 rings (SSSR count). The average molecular weight is 458 g/mol. The highest BCUT2D eigenvalue weighted by atomic mass is 16.2. The fourth-order valence-corrected chi connectivity index (χ4v) is 3.91. The lowest BCUT2D eigenvalue weighted by molar-refractivity contribution is -0.117. The Morgan fingerprint density at radius 3 is 2.18 bits per heavy atom. The predicted octanol–water partition coefficient (Wildman–Crippen LogP) is 2.07. The molecule has 5 amide bonds. The summed E-state index contributed by atoms with van der Waals surface area (Å²) in [6.45, 7) is -0.187. The van der Waals surface area contributed by atoms with E-state index < -0.39 is 11.8 Å². The molecule has 0 unspecified atom stereocenters. The maximum absolute atomic E-state index is 12.9. The van der Waals surface area contributed by atoms with Gasteiger partial charge in [-0.25, -0.2) is 0 Å². The third-order valence-electron chi connectivity index (χ3n) is 5.47. The molecular formula is C25H22N4O5. The van der Waals surface area contributed by atoms with E-state index in [0.717, 1.165) is 5.39 Å². The number of anilines is 1. The van der Waals surface area contributed by atoms with Crippen LogP contribution in [0.15, 0.2) is 60.7 Å². The molecule has 9 nitrogen and oxygen atoms in total. The van der Waals surface area contributed by atoms with Crippen LogP contribution in [0.25, 0.3) is 10.8 Å². The van der Waals surface area contributed by atoms with Gasteiger partial charge >= 0.3 is 0 Å². The second kappa shape index (κ2) is 9.53. The molecule has 0 saturated heterocycles. The molecule has 0 spiro atoms. The Balaban J connectivity index is 1.35. The topological polar surface area (TPSA) is 139 Å². The zero-order chi connectivity index (χ0) is 24.2. The van der Waals surface area contributed by atoms with Crippen molar-refractivity contribution in [3.8, 4) is 0 Å². The highest BCUT2D eigenvalue weighted by Gasteiger charge is 2.32. The summed E-state index contributed by atoms with van der Waals surface area (Å²) in [4.78, 5) is 62.3. The Morgan fingerprint density at radius 2 is 1.53 bits per heavy atom. The lowest BCUT2D eigenvalue weighted by Gasteiger charge is -2.27. The second-order valence-corrected chi connectivity index (χ2v) is 7.85. The molecule has 3 aromatic carbocycles. The average Bonchev–Trinajstić information content (AvgIpc) is 2.83. The monoisotopic (exact) mass is 458 g/mol. The van der Waals surface area contributed by atoms with Gasteiger partial charge in [-0.2, -0.15) is 0 Å². The molecule has 0 bridgehead atoms. The van der Waals surface area contributed by atoms with Gasteiger partial charge in [-0.1, -0.05) is 30.3 Å². The van der Waals surface area contributed by atoms with Crippen LogP contribution >= 0.6 is 0 Å². The Kier molecular flexibility index (Phi) is 6.35. The highest BCUT2D eigenvalue weighted by Crippen LogP contribution is 2.30. The molecule has 0 atom stereocenters. The number of imide groups is 1. The quantitative estimate of drug-likeness (QED) is 0.444. The summed E-state index contributed by atoms with van der Waals surface area (Å²) in [5.74, 6) is -2.22. The zero-order valence-corrected chi connectivity index (χ0v) is 18.2. The number of amides is 5. The summed E-state index contributed by atoms with van der Waals surface area (Å²) in [6, 6.07) is 16.9. The normalized spacial score (nSPS) is 12.5. The third-order valence-corrected chi connectivity index (χ3v) is 5.47. The maximum atomic E-state index is 12.9. The zero-order valence-electron chi connectivity index (χ0n) is 18.2. The van der Waals surface area contributed by atoms with Gasteiger partial charge in [0.2, 0.25) is 11.8 Å².